The van der Waals surface area contributed by atoms with E-state index in [0.717, 1.165) is 11.3 Å². The van der Waals surface area contributed by atoms with Crippen LogP contribution in [0.25, 0.3) is 0 Å². The third-order valence-corrected chi connectivity index (χ3v) is 3.32. The van der Waals surface area contributed by atoms with Crippen LogP contribution in [0.3, 0.4) is 0 Å². The maximum Gasteiger partial charge on any atom is 0.0997 e. The zero-order chi connectivity index (χ0) is 12.3. The van der Waals surface area contributed by atoms with E-state index >= 15 is 0 Å². The normalized spacial score (nSPS) is 12.6. The lowest BCUT2D eigenvalue weighted by Gasteiger charge is -2.15. The number of benzene rings is 1. The van der Waals surface area contributed by atoms with Gasteiger partial charge in [0.15, 0.2) is 0 Å². The fourth-order valence-electron chi connectivity index (χ4n) is 1.66. The number of aromatic nitrogens is 3. The molecule has 90 valence electrons. The Hall–Kier alpha value is -1.10. The standard InChI is InChI=1S/C11H12Cl2N4/c1-14-10(11-6-15-17-16-11)5-7-8(12)3-2-4-9(7)13/h2-4,6,10,14H,5H2,1H3,(H,15,16,17). The molecule has 0 spiro atoms. The van der Waals surface area contributed by atoms with Crippen LogP contribution >= 0.6 is 23.2 Å². The maximum atomic E-state index is 6.14. The van der Waals surface area contributed by atoms with Gasteiger partial charge < -0.3 is 5.32 Å². The molecule has 1 aromatic heterocycles. The van der Waals surface area contributed by atoms with Crippen molar-refractivity contribution in [1.29, 1.82) is 0 Å². The largest absolute Gasteiger partial charge is 0.311 e. The first kappa shape index (κ1) is 12.4. The van der Waals surface area contributed by atoms with Crippen LogP contribution in [-0.4, -0.2) is 22.5 Å². The summed E-state index contributed by atoms with van der Waals surface area (Å²) >= 11 is 12.3. The molecule has 1 aromatic carbocycles. The second-order valence-electron chi connectivity index (χ2n) is 3.64. The quantitative estimate of drug-likeness (QED) is 0.898. The second-order valence-corrected chi connectivity index (χ2v) is 4.45. The summed E-state index contributed by atoms with van der Waals surface area (Å²) in [6, 6.07) is 5.53. The van der Waals surface area contributed by atoms with Crippen molar-refractivity contribution >= 4 is 23.2 Å². The molecule has 0 saturated carbocycles. The van der Waals surface area contributed by atoms with E-state index in [9.17, 15) is 0 Å². The minimum atomic E-state index is 0.0335. The molecule has 6 heteroatoms. The SMILES string of the molecule is CNC(Cc1c(Cl)cccc1Cl)c1cn[nH]n1. The molecule has 1 atom stereocenters. The van der Waals surface area contributed by atoms with Crippen molar-refractivity contribution in [3.63, 3.8) is 0 Å². The van der Waals surface area contributed by atoms with Crippen molar-refractivity contribution in [2.75, 3.05) is 7.05 Å². The molecule has 0 amide bonds. The highest BCUT2D eigenvalue weighted by atomic mass is 35.5. The fraction of sp³-hybridized carbons (Fsp3) is 0.273. The summed E-state index contributed by atoms with van der Waals surface area (Å²) in [6.45, 7) is 0. The van der Waals surface area contributed by atoms with Crippen LogP contribution in [0.1, 0.15) is 17.3 Å². The zero-order valence-electron chi connectivity index (χ0n) is 9.24. The van der Waals surface area contributed by atoms with E-state index in [1.165, 1.54) is 0 Å². The molecule has 0 aliphatic carbocycles. The van der Waals surface area contributed by atoms with Crippen LogP contribution in [0.5, 0.6) is 0 Å². The van der Waals surface area contributed by atoms with E-state index in [4.69, 9.17) is 23.2 Å². The molecule has 17 heavy (non-hydrogen) atoms. The van der Waals surface area contributed by atoms with Crippen LogP contribution < -0.4 is 5.32 Å². The van der Waals surface area contributed by atoms with Crippen molar-refractivity contribution in [2.24, 2.45) is 0 Å². The van der Waals surface area contributed by atoms with Crippen LogP contribution in [0.2, 0.25) is 10.0 Å². The van der Waals surface area contributed by atoms with Gasteiger partial charge in [-0.25, -0.2) is 0 Å². The highest BCUT2D eigenvalue weighted by Gasteiger charge is 2.16. The summed E-state index contributed by atoms with van der Waals surface area (Å²) in [5.41, 5.74) is 1.75. The molecule has 2 N–H and O–H groups in total. The highest BCUT2D eigenvalue weighted by Crippen LogP contribution is 2.28. The molecule has 4 nitrogen and oxygen atoms in total. The van der Waals surface area contributed by atoms with Crippen LogP contribution in [-0.2, 0) is 6.42 Å². The van der Waals surface area contributed by atoms with Gasteiger partial charge in [0.2, 0.25) is 0 Å². The van der Waals surface area contributed by atoms with E-state index in [1.807, 2.05) is 25.2 Å². The lowest BCUT2D eigenvalue weighted by atomic mass is 10.0. The molecule has 1 heterocycles. The number of hydrogen-bond donors (Lipinski definition) is 2. The fourth-order valence-corrected chi connectivity index (χ4v) is 2.22. The number of rotatable bonds is 4. The minimum Gasteiger partial charge on any atom is -0.311 e. The van der Waals surface area contributed by atoms with Gasteiger partial charge in [-0.3, -0.25) is 0 Å². The molecule has 0 aliphatic rings. The van der Waals surface area contributed by atoms with E-state index in [1.54, 1.807) is 6.20 Å². The number of hydrogen-bond acceptors (Lipinski definition) is 3. The van der Waals surface area contributed by atoms with Crippen molar-refractivity contribution in [3.8, 4) is 0 Å². The topological polar surface area (TPSA) is 53.6 Å². The minimum absolute atomic E-state index is 0.0335. The molecule has 0 bridgehead atoms. The van der Waals surface area contributed by atoms with Crippen molar-refractivity contribution < 1.29 is 0 Å². The zero-order valence-corrected chi connectivity index (χ0v) is 10.8. The van der Waals surface area contributed by atoms with Gasteiger partial charge in [0.25, 0.3) is 0 Å². The summed E-state index contributed by atoms with van der Waals surface area (Å²) in [5.74, 6) is 0. The Morgan fingerprint density at radius 1 is 1.35 bits per heavy atom. The van der Waals surface area contributed by atoms with Gasteiger partial charge in [0, 0.05) is 10.0 Å². The lowest BCUT2D eigenvalue weighted by Crippen LogP contribution is -2.19. The third kappa shape index (κ3) is 2.77. The van der Waals surface area contributed by atoms with Crippen molar-refractivity contribution in [1.82, 2.24) is 20.7 Å². The highest BCUT2D eigenvalue weighted by molar-refractivity contribution is 6.36. The number of halogens is 2. The van der Waals surface area contributed by atoms with Crippen LogP contribution in [0.4, 0.5) is 0 Å². The molecule has 0 fully saturated rings. The monoisotopic (exact) mass is 270 g/mol. The molecule has 0 radical (unpaired) electrons. The average Bonchev–Trinajstić information content (AvgIpc) is 2.82. The summed E-state index contributed by atoms with van der Waals surface area (Å²) < 4.78 is 0. The van der Waals surface area contributed by atoms with Gasteiger partial charge in [-0.1, -0.05) is 29.3 Å². The molecule has 0 aliphatic heterocycles. The number of aromatic amines is 1. The Kier molecular flexibility index (Phi) is 3.99. The number of H-pyrrole nitrogens is 1. The summed E-state index contributed by atoms with van der Waals surface area (Å²) in [7, 11) is 1.87. The van der Waals surface area contributed by atoms with Gasteiger partial charge in [-0.05, 0) is 31.2 Å². The van der Waals surface area contributed by atoms with Gasteiger partial charge in [0.1, 0.15) is 0 Å². The van der Waals surface area contributed by atoms with Crippen LogP contribution in [0.15, 0.2) is 24.4 Å². The molecule has 1 unspecified atom stereocenters. The first-order valence-electron chi connectivity index (χ1n) is 5.18. The number of nitrogens with zero attached hydrogens (tertiary/aromatic N) is 2. The van der Waals surface area contributed by atoms with E-state index in [-0.39, 0.29) is 6.04 Å². The summed E-state index contributed by atoms with van der Waals surface area (Å²) in [4.78, 5) is 0. The van der Waals surface area contributed by atoms with Gasteiger partial charge in [-0.2, -0.15) is 15.4 Å². The summed E-state index contributed by atoms with van der Waals surface area (Å²) in [6.07, 6.45) is 2.35. The number of likely N-dealkylation sites (N-methyl/N-ethyl adjacent to an activating group) is 1. The third-order valence-electron chi connectivity index (χ3n) is 2.61. The molecular weight excluding hydrogens is 259 g/mol. The average molecular weight is 271 g/mol. The molecular formula is C11H12Cl2N4. The van der Waals surface area contributed by atoms with Gasteiger partial charge >= 0.3 is 0 Å². The van der Waals surface area contributed by atoms with E-state index in [2.05, 4.69) is 20.7 Å². The smallest absolute Gasteiger partial charge is 0.0997 e. The maximum absolute atomic E-state index is 6.14. The first-order chi connectivity index (χ1) is 8.22. The number of nitrogens with one attached hydrogen (secondary N) is 2. The lowest BCUT2D eigenvalue weighted by molar-refractivity contribution is 0.574. The van der Waals surface area contributed by atoms with E-state index < -0.39 is 0 Å². The summed E-state index contributed by atoms with van der Waals surface area (Å²) in [5, 5.41) is 15.0. The predicted molar refractivity (Wildman–Crippen MR) is 68.3 cm³/mol. The van der Waals surface area contributed by atoms with Gasteiger partial charge in [-0.15, -0.1) is 0 Å². The Morgan fingerprint density at radius 2 is 2.06 bits per heavy atom. The Morgan fingerprint density at radius 3 is 2.59 bits per heavy atom. The van der Waals surface area contributed by atoms with Crippen molar-refractivity contribution in [2.45, 2.75) is 12.5 Å². The Bertz CT molecular complexity index is 464. The first-order valence-corrected chi connectivity index (χ1v) is 5.93. The predicted octanol–water partition coefficient (Wildman–Crippen LogP) is 2.61. The Balaban J connectivity index is 2.25. The molecule has 0 saturated heterocycles. The molecule has 2 aromatic rings. The molecule has 2 rings (SSSR count). The van der Waals surface area contributed by atoms with Gasteiger partial charge in [0.05, 0.1) is 17.9 Å². The van der Waals surface area contributed by atoms with Crippen molar-refractivity contribution in [3.05, 3.63) is 45.7 Å². The van der Waals surface area contributed by atoms with E-state index in [0.29, 0.717) is 16.5 Å². The van der Waals surface area contributed by atoms with Crippen LogP contribution in [0, 0.1) is 0 Å². The Labute approximate surface area is 109 Å². The second kappa shape index (κ2) is 5.49.